The van der Waals surface area contributed by atoms with Crippen LogP contribution in [0.2, 0.25) is 0 Å². The predicted octanol–water partition coefficient (Wildman–Crippen LogP) is 8.35. The fourth-order valence-electron chi connectivity index (χ4n) is 6.42. The highest BCUT2D eigenvalue weighted by molar-refractivity contribution is 5.77. The second-order valence-corrected chi connectivity index (χ2v) is 13.6. The Morgan fingerprint density at radius 1 is 0.904 bits per heavy atom. The van der Waals surface area contributed by atoms with Crippen molar-refractivity contribution in [3.05, 3.63) is 57.6 Å². The molecule has 1 amide bonds. The standard InChI is InChI=1S/C40H62N4O8/c1-8-9-10-11-12-13-14-15-16-17-23-40(30-41,34-26-36(48-5)39(50-7)37(27-34)49-6)24-18-25-43(4)32(3)33-19-21-35(22-20-33)51-29-38(45)42-28-31(2)52-44(46)47/h19-22,26-27,31-32H,8-18,23-25,28-29H2,1-7H3,(H,42,45). The van der Waals surface area contributed by atoms with Gasteiger partial charge in [0.15, 0.2) is 18.1 Å². The number of unbranched alkanes of at least 4 members (excludes halogenated alkanes) is 9. The van der Waals surface area contributed by atoms with Gasteiger partial charge in [0, 0.05) is 12.6 Å². The van der Waals surface area contributed by atoms with Crippen LogP contribution < -0.4 is 24.3 Å². The molecule has 2 aromatic carbocycles. The lowest BCUT2D eigenvalue weighted by atomic mass is 9.73. The number of hydrogen-bond donors (Lipinski definition) is 1. The van der Waals surface area contributed by atoms with Crippen LogP contribution in [0.15, 0.2) is 36.4 Å². The van der Waals surface area contributed by atoms with E-state index in [0.717, 1.165) is 43.4 Å². The Balaban J connectivity index is 2.03. The van der Waals surface area contributed by atoms with Crippen LogP contribution in [0.25, 0.3) is 0 Å². The predicted molar refractivity (Wildman–Crippen MR) is 203 cm³/mol. The van der Waals surface area contributed by atoms with Gasteiger partial charge < -0.3 is 29.1 Å². The zero-order chi connectivity index (χ0) is 38.4. The summed E-state index contributed by atoms with van der Waals surface area (Å²) >= 11 is 0. The lowest BCUT2D eigenvalue weighted by Crippen LogP contribution is -2.36. The number of nitrogens with one attached hydrogen (secondary N) is 1. The van der Waals surface area contributed by atoms with Crippen molar-refractivity contribution >= 4 is 5.91 Å². The fraction of sp³-hybridized carbons (Fsp3) is 0.650. The van der Waals surface area contributed by atoms with Gasteiger partial charge in [-0.25, -0.2) is 0 Å². The summed E-state index contributed by atoms with van der Waals surface area (Å²) in [5.74, 6) is 1.76. The van der Waals surface area contributed by atoms with Gasteiger partial charge in [0.1, 0.15) is 11.9 Å². The number of carbonyl (C=O) groups is 1. The van der Waals surface area contributed by atoms with Crippen molar-refractivity contribution in [2.75, 3.05) is 48.1 Å². The highest BCUT2D eigenvalue weighted by Gasteiger charge is 2.34. The molecule has 0 aliphatic rings. The number of ether oxygens (including phenoxy) is 4. The second kappa shape index (κ2) is 24.1. The van der Waals surface area contributed by atoms with E-state index in [0.29, 0.717) is 29.4 Å². The number of methoxy groups -OCH3 is 3. The first-order valence-corrected chi connectivity index (χ1v) is 18.8. The Morgan fingerprint density at radius 2 is 1.46 bits per heavy atom. The molecule has 2 rings (SSSR count). The third kappa shape index (κ3) is 14.8. The molecule has 3 unspecified atom stereocenters. The maximum atomic E-state index is 12.1. The average Bonchev–Trinajstić information content (AvgIpc) is 3.15. The summed E-state index contributed by atoms with van der Waals surface area (Å²) in [6.45, 7) is 6.45. The Kier molecular flexibility index (Phi) is 20.3. The highest BCUT2D eigenvalue weighted by Crippen LogP contribution is 2.44. The summed E-state index contributed by atoms with van der Waals surface area (Å²) in [5, 5.41) is 22.9. The van der Waals surface area contributed by atoms with Crippen molar-refractivity contribution < 1.29 is 33.7 Å². The summed E-state index contributed by atoms with van der Waals surface area (Å²) in [6.07, 6.45) is 13.8. The van der Waals surface area contributed by atoms with E-state index in [1.807, 2.05) is 36.4 Å². The minimum absolute atomic E-state index is 0.00321. The summed E-state index contributed by atoms with van der Waals surface area (Å²) in [4.78, 5) is 29.2. The van der Waals surface area contributed by atoms with Crippen LogP contribution in [0.3, 0.4) is 0 Å². The van der Waals surface area contributed by atoms with E-state index < -0.39 is 22.5 Å². The molecule has 0 saturated heterocycles. The van der Waals surface area contributed by atoms with Gasteiger partial charge in [-0.1, -0.05) is 83.3 Å². The van der Waals surface area contributed by atoms with Crippen molar-refractivity contribution in [1.82, 2.24) is 10.2 Å². The lowest BCUT2D eigenvalue weighted by Gasteiger charge is -2.31. The largest absolute Gasteiger partial charge is 0.493 e. The van der Waals surface area contributed by atoms with Gasteiger partial charge in [0.25, 0.3) is 11.0 Å². The van der Waals surface area contributed by atoms with E-state index in [1.54, 1.807) is 21.3 Å². The molecule has 290 valence electrons. The third-order valence-electron chi connectivity index (χ3n) is 9.75. The number of rotatable bonds is 28. The van der Waals surface area contributed by atoms with Crippen molar-refractivity contribution in [3.8, 4) is 29.1 Å². The van der Waals surface area contributed by atoms with Crippen LogP contribution >= 0.6 is 0 Å². The fourth-order valence-corrected chi connectivity index (χ4v) is 6.42. The highest BCUT2D eigenvalue weighted by atomic mass is 17.0. The van der Waals surface area contributed by atoms with Crippen LogP contribution in [0, 0.1) is 21.4 Å². The number of nitrogens with zero attached hydrogens (tertiary/aromatic N) is 3. The first-order valence-electron chi connectivity index (χ1n) is 18.8. The third-order valence-corrected chi connectivity index (χ3v) is 9.75. The van der Waals surface area contributed by atoms with E-state index >= 15 is 0 Å². The molecule has 1 N–H and O–H groups in total. The van der Waals surface area contributed by atoms with Crippen molar-refractivity contribution in [3.63, 3.8) is 0 Å². The zero-order valence-electron chi connectivity index (χ0n) is 32.5. The van der Waals surface area contributed by atoms with Crippen LogP contribution in [0.5, 0.6) is 23.0 Å². The van der Waals surface area contributed by atoms with E-state index in [2.05, 4.69) is 42.0 Å². The summed E-state index contributed by atoms with van der Waals surface area (Å²) in [5.41, 5.74) is 1.27. The minimum Gasteiger partial charge on any atom is -0.493 e. The molecule has 0 bridgehead atoms. The van der Waals surface area contributed by atoms with Gasteiger partial charge in [-0.3, -0.25) is 9.69 Å². The van der Waals surface area contributed by atoms with Crippen molar-refractivity contribution in [2.24, 2.45) is 0 Å². The zero-order valence-corrected chi connectivity index (χ0v) is 32.5. The molecule has 0 saturated carbocycles. The number of hydrogen-bond acceptors (Lipinski definition) is 10. The molecule has 0 spiro atoms. The SMILES string of the molecule is CCCCCCCCCCCCC(C#N)(CCCN(C)C(C)c1ccc(OCC(=O)NCC(C)O[N+](=O)[O-])cc1)c1cc(OC)c(OC)c(OC)c1. The number of nitriles is 1. The lowest BCUT2D eigenvalue weighted by molar-refractivity contribution is -0.767. The van der Waals surface area contributed by atoms with Crippen LogP contribution in [-0.2, 0) is 15.0 Å². The number of benzene rings is 2. The molecule has 12 heteroatoms. The summed E-state index contributed by atoms with van der Waals surface area (Å²) < 4.78 is 22.5. The van der Waals surface area contributed by atoms with Crippen LogP contribution in [0.4, 0.5) is 0 Å². The maximum Gasteiger partial charge on any atom is 0.294 e. The normalized spacial score (nSPS) is 13.4. The molecule has 0 aromatic heterocycles. The molecular formula is C40H62N4O8. The molecule has 0 radical (unpaired) electrons. The molecule has 0 aliphatic carbocycles. The van der Waals surface area contributed by atoms with Gasteiger partial charge in [-0.15, -0.1) is 10.1 Å². The molecule has 0 aliphatic heterocycles. The van der Waals surface area contributed by atoms with Crippen LogP contribution in [-0.4, -0.2) is 70.1 Å². The Labute approximate surface area is 311 Å². The molecule has 0 heterocycles. The first-order chi connectivity index (χ1) is 25.0. The van der Waals surface area contributed by atoms with E-state index in [1.165, 1.54) is 58.3 Å². The van der Waals surface area contributed by atoms with Gasteiger partial charge in [-0.05, 0) is 82.1 Å². The average molecular weight is 727 g/mol. The summed E-state index contributed by atoms with van der Waals surface area (Å²) in [6, 6.07) is 14.3. The Hall–Kier alpha value is -4.24. The van der Waals surface area contributed by atoms with Crippen LogP contribution in [0.1, 0.15) is 121 Å². The Morgan fingerprint density at radius 3 is 1.98 bits per heavy atom. The molecular weight excluding hydrogens is 664 g/mol. The Bertz CT molecular complexity index is 1360. The van der Waals surface area contributed by atoms with Gasteiger partial charge in [0.05, 0.1) is 32.8 Å². The van der Waals surface area contributed by atoms with E-state index in [9.17, 15) is 20.2 Å². The molecule has 12 nitrogen and oxygen atoms in total. The van der Waals surface area contributed by atoms with E-state index in [-0.39, 0.29) is 19.2 Å². The first kappa shape index (κ1) is 43.9. The second-order valence-electron chi connectivity index (χ2n) is 13.6. The van der Waals surface area contributed by atoms with Gasteiger partial charge in [-0.2, -0.15) is 5.26 Å². The molecule has 0 fully saturated rings. The van der Waals surface area contributed by atoms with E-state index in [4.69, 9.17) is 18.9 Å². The molecule has 3 atom stereocenters. The van der Waals surface area contributed by atoms with Gasteiger partial charge >= 0.3 is 0 Å². The maximum absolute atomic E-state index is 12.1. The number of amides is 1. The topological polar surface area (TPSA) is 145 Å². The monoisotopic (exact) mass is 726 g/mol. The molecule has 2 aromatic rings. The van der Waals surface area contributed by atoms with Crippen molar-refractivity contribution in [2.45, 2.75) is 122 Å². The number of carbonyl (C=O) groups excluding carboxylic acids is 1. The van der Waals surface area contributed by atoms with Gasteiger partial charge in [0.2, 0.25) is 5.75 Å². The molecule has 52 heavy (non-hydrogen) atoms. The summed E-state index contributed by atoms with van der Waals surface area (Å²) in [7, 11) is 6.87. The minimum atomic E-state index is -0.884. The quantitative estimate of drug-likeness (QED) is 0.0516. The van der Waals surface area contributed by atoms with Crippen molar-refractivity contribution in [1.29, 1.82) is 5.26 Å². The smallest absolute Gasteiger partial charge is 0.294 e.